The van der Waals surface area contributed by atoms with Gasteiger partial charge in [-0.2, -0.15) is 0 Å². The Hall–Kier alpha value is -0.890. The highest BCUT2D eigenvalue weighted by Gasteiger charge is 2.59. The molecule has 0 saturated heterocycles. The van der Waals surface area contributed by atoms with Crippen molar-refractivity contribution in [1.29, 1.82) is 0 Å². The first-order valence-electron chi connectivity index (χ1n) is 8.60. The van der Waals surface area contributed by atoms with Crippen LogP contribution in [0, 0.1) is 22.7 Å². The Morgan fingerprint density at radius 1 is 1.32 bits per heavy atom. The van der Waals surface area contributed by atoms with Gasteiger partial charge in [-0.25, -0.2) is 0 Å². The van der Waals surface area contributed by atoms with Crippen molar-refractivity contribution in [3.05, 3.63) is 24.3 Å². The minimum absolute atomic E-state index is 0.0249. The molecule has 0 aromatic carbocycles. The number of rotatable bonds is 3. The zero-order chi connectivity index (χ0) is 16.8. The number of carbonyl (C=O) groups excluding carboxylic acids is 1. The topological polar surface area (TPSA) is 37.3 Å². The maximum absolute atomic E-state index is 12.4. The van der Waals surface area contributed by atoms with Crippen molar-refractivity contribution in [3.63, 3.8) is 0 Å². The van der Waals surface area contributed by atoms with E-state index in [2.05, 4.69) is 40.3 Å². The van der Waals surface area contributed by atoms with Crippen molar-refractivity contribution in [2.24, 2.45) is 22.7 Å². The fraction of sp³-hybridized carbons (Fsp3) is 0.750. The van der Waals surface area contributed by atoms with E-state index < -0.39 is 5.60 Å². The van der Waals surface area contributed by atoms with Crippen molar-refractivity contribution in [2.75, 3.05) is 0 Å². The molecule has 0 bridgehead atoms. The van der Waals surface area contributed by atoms with Crippen molar-refractivity contribution < 1.29 is 9.90 Å². The second-order valence-corrected chi connectivity index (χ2v) is 8.54. The largest absolute Gasteiger partial charge is 0.390 e. The summed E-state index contributed by atoms with van der Waals surface area (Å²) in [5.41, 5.74) is 0.267. The minimum Gasteiger partial charge on any atom is -0.390 e. The molecule has 22 heavy (non-hydrogen) atoms. The number of aliphatic hydroxyl groups is 1. The molecule has 0 aromatic heterocycles. The van der Waals surface area contributed by atoms with E-state index in [0.717, 1.165) is 31.3 Å². The third kappa shape index (κ3) is 2.71. The SMILES string of the molecule is C=C/C(C)=C/C[C@@H]1[C@@]2(C)CCC(=O)C(C)(C)C2CC[C@@]1(C)O. The third-order valence-electron chi connectivity index (χ3n) is 6.76. The van der Waals surface area contributed by atoms with Crippen LogP contribution in [0.1, 0.15) is 66.7 Å². The molecule has 124 valence electrons. The monoisotopic (exact) mass is 304 g/mol. The maximum Gasteiger partial charge on any atom is 0.138 e. The summed E-state index contributed by atoms with van der Waals surface area (Å²) in [6, 6.07) is 0. The van der Waals surface area contributed by atoms with E-state index in [0.29, 0.717) is 18.1 Å². The lowest BCUT2D eigenvalue weighted by molar-refractivity contribution is -0.175. The lowest BCUT2D eigenvalue weighted by Crippen LogP contribution is -2.59. The van der Waals surface area contributed by atoms with E-state index in [1.165, 1.54) is 0 Å². The third-order valence-corrected chi connectivity index (χ3v) is 6.76. The van der Waals surface area contributed by atoms with Crippen LogP contribution in [-0.4, -0.2) is 16.5 Å². The molecular weight excluding hydrogens is 272 g/mol. The van der Waals surface area contributed by atoms with Crippen LogP contribution in [0.25, 0.3) is 0 Å². The van der Waals surface area contributed by atoms with Crippen molar-refractivity contribution in [1.82, 2.24) is 0 Å². The summed E-state index contributed by atoms with van der Waals surface area (Å²) in [5, 5.41) is 11.0. The molecule has 2 fully saturated rings. The molecule has 0 radical (unpaired) electrons. The van der Waals surface area contributed by atoms with E-state index in [1.54, 1.807) is 0 Å². The molecule has 2 rings (SSSR count). The maximum atomic E-state index is 12.4. The Kier molecular flexibility index (Phi) is 4.47. The Labute approximate surface area is 135 Å². The molecule has 2 saturated carbocycles. The zero-order valence-electron chi connectivity index (χ0n) is 14.9. The molecule has 4 atom stereocenters. The van der Waals surface area contributed by atoms with E-state index in [9.17, 15) is 9.90 Å². The number of ketones is 1. The predicted octanol–water partition coefficient (Wildman–Crippen LogP) is 4.68. The molecule has 0 spiro atoms. The first-order valence-corrected chi connectivity index (χ1v) is 8.60. The van der Waals surface area contributed by atoms with Crippen LogP contribution in [0.2, 0.25) is 0 Å². The van der Waals surface area contributed by atoms with Gasteiger partial charge in [0.1, 0.15) is 5.78 Å². The summed E-state index contributed by atoms with van der Waals surface area (Å²) in [6.45, 7) is 14.4. The van der Waals surface area contributed by atoms with Gasteiger partial charge in [0, 0.05) is 11.8 Å². The van der Waals surface area contributed by atoms with Gasteiger partial charge in [-0.05, 0) is 56.8 Å². The van der Waals surface area contributed by atoms with Gasteiger partial charge < -0.3 is 5.11 Å². The molecule has 0 amide bonds. The van der Waals surface area contributed by atoms with E-state index in [1.807, 2.05) is 13.0 Å². The summed E-state index contributed by atoms with van der Waals surface area (Å²) < 4.78 is 0. The number of fused-ring (bicyclic) bond motifs is 1. The highest BCUT2D eigenvalue weighted by Crippen LogP contribution is 2.61. The minimum atomic E-state index is -0.653. The first-order chi connectivity index (χ1) is 10.1. The van der Waals surface area contributed by atoms with Crippen LogP contribution in [0.4, 0.5) is 0 Å². The fourth-order valence-electron chi connectivity index (χ4n) is 5.24. The molecule has 2 heteroatoms. The Bertz CT molecular complexity index is 498. The number of allylic oxidation sites excluding steroid dienone is 3. The summed E-state index contributed by atoms with van der Waals surface area (Å²) >= 11 is 0. The van der Waals surface area contributed by atoms with E-state index >= 15 is 0 Å². The second kappa shape index (κ2) is 5.63. The van der Waals surface area contributed by atoms with Crippen molar-refractivity contribution in [2.45, 2.75) is 72.3 Å². The van der Waals surface area contributed by atoms with Crippen LogP contribution in [0.5, 0.6) is 0 Å². The normalized spacial score (nSPS) is 41.9. The molecular formula is C20H32O2. The summed E-state index contributed by atoms with van der Waals surface area (Å²) in [4.78, 5) is 12.4. The molecule has 1 N–H and O–H groups in total. The smallest absolute Gasteiger partial charge is 0.138 e. The zero-order valence-corrected chi connectivity index (χ0v) is 14.9. The molecule has 0 aromatic rings. The van der Waals surface area contributed by atoms with Crippen LogP contribution in [0.3, 0.4) is 0 Å². The molecule has 1 unspecified atom stereocenters. The average Bonchev–Trinajstić information content (AvgIpc) is 2.41. The second-order valence-electron chi connectivity index (χ2n) is 8.54. The van der Waals surface area contributed by atoms with Crippen LogP contribution in [0.15, 0.2) is 24.3 Å². The molecule has 2 aliphatic rings. The van der Waals surface area contributed by atoms with Gasteiger partial charge >= 0.3 is 0 Å². The quantitative estimate of drug-likeness (QED) is 0.769. The van der Waals surface area contributed by atoms with Gasteiger partial charge in [-0.1, -0.05) is 45.1 Å². The van der Waals surface area contributed by atoms with Gasteiger partial charge in [0.05, 0.1) is 5.60 Å². The standard InChI is InChI=1S/C20H32O2/c1-7-14(2)8-9-16-19(5)12-11-17(21)18(3,4)15(19)10-13-20(16,6)22/h7-8,15-16,22H,1,9-13H2,2-6H3/b14-8+/t15?,16-,19+,20-/m1/s1. The summed E-state index contributed by atoms with van der Waals surface area (Å²) in [5.74, 6) is 0.956. The highest BCUT2D eigenvalue weighted by atomic mass is 16.3. The highest BCUT2D eigenvalue weighted by molar-refractivity contribution is 5.85. The fourth-order valence-corrected chi connectivity index (χ4v) is 5.24. The van der Waals surface area contributed by atoms with Gasteiger partial charge in [0.15, 0.2) is 0 Å². The number of carbonyl (C=O) groups is 1. The van der Waals surface area contributed by atoms with Gasteiger partial charge in [0.2, 0.25) is 0 Å². The van der Waals surface area contributed by atoms with Gasteiger partial charge in [0.25, 0.3) is 0 Å². The van der Waals surface area contributed by atoms with Crippen molar-refractivity contribution >= 4 is 5.78 Å². The summed E-state index contributed by atoms with van der Waals surface area (Å²) in [6.07, 6.45) is 8.22. The van der Waals surface area contributed by atoms with Crippen LogP contribution in [-0.2, 0) is 4.79 Å². The van der Waals surface area contributed by atoms with Gasteiger partial charge in [-0.15, -0.1) is 0 Å². The van der Waals surface area contributed by atoms with Crippen molar-refractivity contribution in [3.8, 4) is 0 Å². The Morgan fingerprint density at radius 2 is 1.95 bits per heavy atom. The lowest BCUT2D eigenvalue weighted by Gasteiger charge is -2.60. The summed E-state index contributed by atoms with van der Waals surface area (Å²) in [7, 11) is 0. The van der Waals surface area contributed by atoms with Crippen LogP contribution < -0.4 is 0 Å². The predicted molar refractivity (Wildman–Crippen MR) is 91.5 cm³/mol. The van der Waals surface area contributed by atoms with E-state index in [-0.39, 0.29) is 16.7 Å². The number of Topliss-reactive ketones (excluding diaryl/α,β-unsaturated/α-hetero) is 1. The molecule has 0 heterocycles. The van der Waals surface area contributed by atoms with E-state index in [4.69, 9.17) is 0 Å². The van der Waals surface area contributed by atoms with Gasteiger partial charge in [-0.3, -0.25) is 4.79 Å². The molecule has 0 aliphatic heterocycles. The molecule has 2 aliphatic carbocycles. The Morgan fingerprint density at radius 3 is 2.55 bits per heavy atom. The Balaban J connectivity index is 2.40. The molecule has 2 nitrogen and oxygen atoms in total. The lowest BCUT2D eigenvalue weighted by atomic mass is 9.45. The first kappa shape index (κ1) is 17.5. The average molecular weight is 304 g/mol. The van der Waals surface area contributed by atoms with Crippen LogP contribution >= 0.6 is 0 Å². The number of hydrogen-bond acceptors (Lipinski definition) is 2. The number of hydrogen-bond donors (Lipinski definition) is 1.